The molecular weight excluding hydrogens is 256 g/mol. The highest BCUT2D eigenvalue weighted by Crippen LogP contribution is 2.19. The van der Waals surface area contributed by atoms with Gasteiger partial charge >= 0.3 is 6.61 Å². The Morgan fingerprint density at radius 2 is 2.05 bits per heavy atom. The van der Waals surface area contributed by atoms with Crippen molar-refractivity contribution in [3.05, 3.63) is 24.3 Å². The van der Waals surface area contributed by atoms with Crippen molar-refractivity contribution in [3.63, 3.8) is 0 Å². The maximum Gasteiger partial charge on any atom is 0.387 e. The van der Waals surface area contributed by atoms with Crippen molar-refractivity contribution in [1.29, 1.82) is 0 Å². The van der Waals surface area contributed by atoms with E-state index in [0.29, 0.717) is 5.69 Å². The Hall–Kier alpha value is -1.69. The molecule has 0 aliphatic rings. The van der Waals surface area contributed by atoms with Gasteiger partial charge in [-0.05, 0) is 32.9 Å². The van der Waals surface area contributed by atoms with Crippen LogP contribution < -0.4 is 10.1 Å². The van der Waals surface area contributed by atoms with E-state index >= 15 is 0 Å². The maximum absolute atomic E-state index is 12.0. The summed E-state index contributed by atoms with van der Waals surface area (Å²) >= 11 is 0. The van der Waals surface area contributed by atoms with Gasteiger partial charge < -0.3 is 14.8 Å². The molecule has 0 fully saturated rings. The van der Waals surface area contributed by atoms with Crippen molar-refractivity contribution < 1.29 is 23.0 Å². The predicted molar refractivity (Wildman–Crippen MR) is 67.4 cm³/mol. The van der Waals surface area contributed by atoms with Gasteiger partial charge in [0.25, 0.3) is 0 Å². The fraction of sp³-hybridized carbons (Fsp3) is 0.462. The quantitative estimate of drug-likeness (QED) is 0.897. The zero-order valence-electron chi connectivity index (χ0n) is 11.1. The molecule has 0 spiro atoms. The van der Waals surface area contributed by atoms with E-state index in [1.807, 2.05) is 20.8 Å². The van der Waals surface area contributed by atoms with Crippen LogP contribution in [0.3, 0.4) is 0 Å². The predicted octanol–water partition coefficient (Wildman–Crippen LogP) is 3.04. The van der Waals surface area contributed by atoms with Gasteiger partial charge in [0.2, 0.25) is 5.91 Å². The van der Waals surface area contributed by atoms with Gasteiger partial charge in [0.05, 0.1) is 5.60 Å². The molecule has 1 amide bonds. The molecule has 0 saturated heterocycles. The number of alkyl halides is 2. The first-order chi connectivity index (χ1) is 8.76. The number of nitrogens with one attached hydrogen (secondary N) is 1. The Morgan fingerprint density at radius 1 is 1.37 bits per heavy atom. The highest BCUT2D eigenvalue weighted by atomic mass is 19.3. The number of carbonyl (C=O) groups excluding carboxylic acids is 1. The Morgan fingerprint density at radius 3 is 2.63 bits per heavy atom. The summed E-state index contributed by atoms with van der Waals surface area (Å²) in [5, 5.41) is 2.54. The van der Waals surface area contributed by atoms with Crippen molar-refractivity contribution in [1.82, 2.24) is 0 Å². The van der Waals surface area contributed by atoms with Crippen molar-refractivity contribution in [2.24, 2.45) is 0 Å². The third-order valence-electron chi connectivity index (χ3n) is 1.98. The van der Waals surface area contributed by atoms with Gasteiger partial charge in [-0.1, -0.05) is 6.07 Å². The lowest BCUT2D eigenvalue weighted by Crippen LogP contribution is -2.27. The molecule has 1 rings (SSSR count). The summed E-state index contributed by atoms with van der Waals surface area (Å²) in [6.45, 7) is 2.49. The average Bonchev–Trinajstić information content (AvgIpc) is 2.25. The van der Waals surface area contributed by atoms with Crippen LogP contribution in [0.1, 0.15) is 20.8 Å². The molecule has 1 N–H and O–H groups in total. The first-order valence-corrected chi connectivity index (χ1v) is 5.75. The fourth-order valence-corrected chi connectivity index (χ4v) is 1.23. The van der Waals surface area contributed by atoms with Crippen LogP contribution in [0, 0.1) is 0 Å². The second kappa shape index (κ2) is 6.47. The molecule has 1 aromatic rings. The molecule has 4 nitrogen and oxygen atoms in total. The topological polar surface area (TPSA) is 47.6 Å². The number of ether oxygens (including phenoxy) is 2. The van der Waals surface area contributed by atoms with Gasteiger partial charge in [0, 0.05) is 11.8 Å². The number of hydrogen-bond donors (Lipinski definition) is 1. The van der Waals surface area contributed by atoms with E-state index in [1.165, 1.54) is 18.2 Å². The molecule has 0 aliphatic heterocycles. The van der Waals surface area contributed by atoms with Crippen LogP contribution in [0.5, 0.6) is 5.75 Å². The van der Waals surface area contributed by atoms with Crippen molar-refractivity contribution >= 4 is 11.6 Å². The molecule has 19 heavy (non-hydrogen) atoms. The lowest BCUT2D eigenvalue weighted by atomic mass is 10.2. The minimum Gasteiger partial charge on any atom is -0.435 e. The molecule has 0 saturated carbocycles. The van der Waals surface area contributed by atoms with Crippen LogP contribution in [0.25, 0.3) is 0 Å². The van der Waals surface area contributed by atoms with E-state index in [1.54, 1.807) is 6.07 Å². The largest absolute Gasteiger partial charge is 0.435 e. The Bertz CT molecular complexity index is 430. The van der Waals surface area contributed by atoms with Gasteiger partial charge in [0.15, 0.2) is 0 Å². The number of carbonyl (C=O) groups is 1. The molecule has 0 aliphatic carbocycles. The smallest absolute Gasteiger partial charge is 0.387 e. The summed E-state index contributed by atoms with van der Waals surface area (Å²) in [6, 6.07) is 5.79. The number of rotatable bonds is 5. The van der Waals surface area contributed by atoms with Crippen LogP contribution in [0.2, 0.25) is 0 Å². The summed E-state index contributed by atoms with van der Waals surface area (Å²) in [5.74, 6) is -0.367. The molecule has 0 atom stereocenters. The second-order valence-electron chi connectivity index (χ2n) is 4.86. The summed E-state index contributed by atoms with van der Waals surface area (Å²) in [4.78, 5) is 11.6. The van der Waals surface area contributed by atoms with Crippen LogP contribution in [0.4, 0.5) is 14.5 Å². The monoisotopic (exact) mass is 273 g/mol. The molecule has 1 aromatic carbocycles. The molecule has 0 unspecified atom stereocenters. The molecule has 6 heteroatoms. The van der Waals surface area contributed by atoms with Crippen molar-refractivity contribution in [2.75, 3.05) is 11.9 Å². The Kier molecular flexibility index (Phi) is 5.23. The van der Waals surface area contributed by atoms with Gasteiger partial charge in [-0.15, -0.1) is 0 Å². The Balaban J connectivity index is 2.54. The van der Waals surface area contributed by atoms with Crippen LogP contribution in [-0.2, 0) is 9.53 Å². The van der Waals surface area contributed by atoms with Crippen LogP contribution in [-0.4, -0.2) is 24.7 Å². The van der Waals surface area contributed by atoms with Gasteiger partial charge in [-0.25, -0.2) is 0 Å². The van der Waals surface area contributed by atoms with E-state index in [4.69, 9.17) is 4.74 Å². The van der Waals surface area contributed by atoms with E-state index < -0.39 is 12.2 Å². The summed E-state index contributed by atoms with van der Waals surface area (Å²) in [5.41, 5.74) is -0.0431. The normalized spacial score (nSPS) is 11.5. The van der Waals surface area contributed by atoms with E-state index in [-0.39, 0.29) is 18.3 Å². The molecule has 0 aromatic heterocycles. The minimum absolute atomic E-state index is 0.00969. The van der Waals surface area contributed by atoms with Gasteiger partial charge in [-0.3, -0.25) is 4.79 Å². The highest BCUT2D eigenvalue weighted by molar-refractivity contribution is 5.91. The maximum atomic E-state index is 12.0. The standard InChI is InChI=1S/C13H17F2NO3/c1-13(2,3)18-8-11(17)16-9-5-4-6-10(7-9)19-12(14)15/h4-7,12H,8H2,1-3H3,(H,16,17). The molecule has 0 radical (unpaired) electrons. The van der Waals surface area contributed by atoms with Gasteiger partial charge in [-0.2, -0.15) is 8.78 Å². The first-order valence-electron chi connectivity index (χ1n) is 5.75. The zero-order chi connectivity index (χ0) is 14.5. The number of benzene rings is 1. The number of anilines is 1. The first kappa shape index (κ1) is 15.4. The van der Waals surface area contributed by atoms with Gasteiger partial charge in [0.1, 0.15) is 12.4 Å². The molecule has 0 bridgehead atoms. The molecular formula is C13H17F2NO3. The number of amides is 1. The third kappa shape index (κ3) is 6.71. The third-order valence-corrected chi connectivity index (χ3v) is 1.98. The fourth-order valence-electron chi connectivity index (χ4n) is 1.23. The second-order valence-corrected chi connectivity index (χ2v) is 4.86. The van der Waals surface area contributed by atoms with Crippen molar-refractivity contribution in [2.45, 2.75) is 33.0 Å². The zero-order valence-corrected chi connectivity index (χ0v) is 11.1. The Labute approximate surface area is 110 Å². The minimum atomic E-state index is -2.89. The van der Waals surface area contributed by atoms with Crippen molar-refractivity contribution in [3.8, 4) is 5.75 Å². The van der Waals surface area contributed by atoms with Crippen LogP contribution in [0.15, 0.2) is 24.3 Å². The van der Waals surface area contributed by atoms with E-state index in [0.717, 1.165) is 0 Å². The van der Waals surface area contributed by atoms with E-state index in [2.05, 4.69) is 10.1 Å². The summed E-state index contributed by atoms with van der Waals surface area (Å²) in [6.07, 6.45) is 0. The summed E-state index contributed by atoms with van der Waals surface area (Å²) < 4.78 is 33.6. The molecule has 106 valence electrons. The van der Waals surface area contributed by atoms with Crippen LogP contribution >= 0.6 is 0 Å². The lowest BCUT2D eigenvalue weighted by molar-refractivity contribution is -0.125. The SMILES string of the molecule is CC(C)(C)OCC(=O)Nc1cccc(OC(F)F)c1. The average molecular weight is 273 g/mol. The molecule has 0 heterocycles. The lowest BCUT2D eigenvalue weighted by Gasteiger charge is -2.19. The summed E-state index contributed by atoms with van der Waals surface area (Å²) in [7, 11) is 0. The number of hydrogen-bond acceptors (Lipinski definition) is 3. The highest BCUT2D eigenvalue weighted by Gasteiger charge is 2.13. The number of halogens is 2. The van der Waals surface area contributed by atoms with E-state index in [9.17, 15) is 13.6 Å².